The molecule has 4 heteroatoms. The Kier molecular flexibility index (Phi) is 3.98. The van der Waals surface area contributed by atoms with Gasteiger partial charge in [0, 0.05) is 22.2 Å². The van der Waals surface area contributed by atoms with E-state index in [1.54, 1.807) is 0 Å². The molecule has 108 valence electrons. The quantitative estimate of drug-likeness (QED) is 0.904. The Morgan fingerprint density at radius 2 is 2.30 bits per heavy atom. The van der Waals surface area contributed by atoms with E-state index in [0.29, 0.717) is 11.5 Å². The van der Waals surface area contributed by atoms with Crippen molar-refractivity contribution in [1.82, 2.24) is 10.3 Å². The molecule has 1 N–H and O–H groups in total. The molecule has 1 atom stereocenters. The highest BCUT2D eigenvalue weighted by Crippen LogP contribution is 2.43. The van der Waals surface area contributed by atoms with Gasteiger partial charge in [0.1, 0.15) is 0 Å². The summed E-state index contributed by atoms with van der Waals surface area (Å²) in [5.41, 5.74) is 1.69. The lowest BCUT2D eigenvalue weighted by Crippen LogP contribution is -2.32. The van der Waals surface area contributed by atoms with Crippen LogP contribution in [0.15, 0.2) is 17.5 Å². The molecule has 0 aromatic carbocycles. The summed E-state index contributed by atoms with van der Waals surface area (Å²) >= 11 is 3.74. The first-order chi connectivity index (χ1) is 9.57. The maximum absolute atomic E-state index is 4.94. The lowest BCUT2D eigenvalue weighted by Gasteiger charge is -2.34. The molecule has 0 bridgehead atoms. The van der Waals surface area contributed by atoms with Crippen LogP contribution in [0.5, 0.6) is 0 Å². The molecule has 1 unspecified atom stereocenters. The van der Waals surface area contributed by atoms with Crippen LogP contribution in [0.3, 0.4) is 0 Å². The minimum Gasteiger partial charge on any atom is -0.309 e. The van der Waals surface area contributed by atoms with Gasteiger partial charge in [0.15, 0.2) is 0 Å². The minimum atomic E-state index is 0.355. The predicted octanol–water partition coefficient (Wildman–Crippen LogP) is 4.42. The molecule has 0 saturated carbocycles. The Labute approximate surface area is 129 Å². The zero-order valence-electron chi connectivity index (χ0n) is 12.4. The molecular formula is C16H22N2S2. The Morgan fingerprint density at radius 1 is 1.45 bits per heavy atom. The standard InChI is InChI=1S/C16H22N2S2/c1-4-17-12-9-16(2,3)10-13-15(12)20-14(18-13)8-11-6-5-7-19-11/h5-7,12,17H,4,8-10H2,1-3H3. The summed E-state index contributed by atoms with van der Waals surface area (Å²) < 4.78 is 0. The molecule has 2 aromatic rings. The fraction of sp³-hybridized carbons (Fsp3) is 0.562. The molecule has 3 rings (SSSR count). The molecule has 2 heterocycles. The smallest absolute Gasteiger partial charge is 0.0983 e. The van der Waals surface area contributed by atoms with Gasteiger partial charge in [-0.15, -0.1) is 22.7 Å². The highest BCUT2D eigenvalue weighted by Gasteiger charge is 2.34. The van der Waals surface area contributed by atoms with Crippen molar-refractivity contribution in [3.05, 3.63) is 38.0 Å². The van der Waals surface area contributed by atoms with Gasteiger partial charge in [-0.1, -0.05) is 26.8 Å². The Hall–Kier alpha value is -0.710. The number of aromatic nitrogens is 1. The predicted molar refractivity (Wildman–Crippen MR) is 87.8 cm³/mol. The third kappa shape index (κ3) is 2.97. The van der Waals surface area contributed by atoms with Crippen molar-refractivity contribution in [3.8, 4) is 0 Å². The van der Waals surface area contributed by atoms with Crippen molar-refractivity contribution in [1.29, 1.82) is 0 Å². The van der Waals surface area contributed by atoms with Gasteiger partial charge < -0.3 is 5.32 Å². The second kappa shape index (κ2) is 5.58. The van der Waals surface area contributed by atoms with Gasteiger partial charge in [-0.3, -0.25) is 0 Å². The van der Waals surface area contributed by atoms with Crippen molar-refractivity contribution in [2.75, 3.05) is 6.54 Å². The summed E-state index contributed by atoms with van der Waals surface area (Å²) in [6, 6.07) is 4.82. The summed E-state index contributed by atoms with van der Waals surface area (Å²) in [6.07, 6.45) is 3.33. The Morgan fingerprint density at radius 3 is 3.00 bits per heavy atom. The lowest BCUT2D eigenvalue weighted by atomic mass is 9.76. The molecule has 0 spiro atoms. The van der Waals surface area contributed by atoms with E-state index in [2.05, 4.69) is 43.6 Å². The van der Waals surface area contributed by atoms with Gasteiger partial charge in [0.25, 0.3) is 0 Å². The van der Waals surface area contributed by atoms with E-state index in [0.717, 1.165) is 19.4 Å². The number of thiazole rings is 1. The van der Waals surface area contributed by atoms with Crippen molar-refractivity contribution >= 4 is 22.7 Å². The van der Waals surface area contributed by atoms with Crippen LogP contribution in [0, 0.1) is 5.41 Å². The summed E-state index contributed by atoms with van der Waals surface area (Å²) in [6.45, 7) is 7.93. The molecule has 0 saturated heterocycles. The maximum atomic E-state index is 4.94. The first-order valence-electron chi connectivity index (χ1n) is 7.31. The zero-order valence-corrected chi connectivity index (χ0v) is 14.0. The molecule has 0 aliphatic heterocycles. The van der Waals surface area contributed by atoms with E-state index in [9.17, 15) is 0 Å². The highest BCUT2D eigenvalue weighted by atomic mass is 32.1. The number of nitrogens with one attached hydrogen (secondary N) is 1. The van der Waals surface area contributed by atoms with Gasteiger partial charge in [-0.25, -0.2) is 4.98 Å². The monoisotopic (exact) mass is 306 g/mol. The number of nitrogens with zero attached hydrogens (tertiary/aromatic N) is 1. The molecule has 0 radical (unpaired) electrons. The average molecular weight is 306 g/mol. The molecule has 2 aromatic heterocycles. The number of thiophene rings is 1. The van der Waals surface area contributed by atoms with E-state index >= 15 is 0 Å². The van der Waals surface area contributed by atoms with E-state index in [-0.39, 0.29) is 0 Å². The zero-order chi connectivity index (χ0) is 14.2. The molecule has 1 aliphatic rings. The first-order valence-corrected chi connectivity index (χ1v) is 9.01. The van der Waals surface area contributed by atoms with E-state index < -0.39 is 0 Å². The molecule has 0 amide bonds. The summed E-state index contributed by atoms with van der Waals surface area (Å²) in [4.78, 5) is 7.84. The molecule has 1 aliphatic carbocycles. The summed E-state index contributed by atoms with van der Waals surface area (Å²) in [5, 5.41) is 7.06. The third-order valence-electron chi connectivity index (χ3n) is 3.85. The van der Waals surface area contributed by atoms with Crippen molar-refractivity contribution in [2.24, 2.45) is 5.41 Å². The lowest BCUT2D eigenvalue weighted by molar-refractivity contribution is 0.260. The molecule has 0 fully saturated rings. The normalized spacial score (nSPS) is 20.9. The third-order valence-corrected chi connectivity index (χ3v) is 5.93. The number of hydrogen-bond acceptors (Lipinski definition) is 4. The topological polar surface area (TPSA) is 24.9 Å². The number of fused-ring (bicyclic) bond motifs is 1. The second-order valence-electron chi connectivity index (χ2n) is 6.33. The highest BCUT2D eigenvalue weighted by molar-refractivity contribution is 7.12. The fourth-order valence-electron chi connectivity index (χ4n) is 3.03. The maximum Gasteiger partial charge on any atom is 0.0983 e. The summed E-state index contributed by atoms with van der Waals surface area (Å²) in [7, 11) is 0. The Bertz CT molecular complexity index is 569. The second-order valence-corrected chi connectivity index (χ2v) is 8.48. The van der Waals surface area contributed by atoms with Gasteiger partial charge in [0.05, 0.1) is 10.7 Å². The number of hydrogen-bond donors (Lipinski definition) is 1. The van der Waals surface area contributed by atoms with Crippen molar-refractivity contribution in [3.63, 3.8) is 0 Å². The van der Waals surface area contributed by atoms with E-state index in [1.165, 1.54) is 26.9 Å². The molecule has 20 heavy (non-hydrogen) atoms. The van der Waals surface area contributed by atoms with E-state index in [4.69, 9.17) is 4.98 Å². The number of rotatable bonds is 4. The molecular weight excluding hydrogens is 284 g/mol. The van der Waals surface area contributed by atoms with Crippen molar-refractivity contribution < 1.29 is 0 Å². The van der Waals surface area contributed by atoms with Crippen LogP contribution in [0.25, 0.3) is 0 Å². The van der Waals surface area contributed by atoms with Crippen molar-refractivity contribution in [2.45, 2.75) is 46.1 Å². The van der Waals surface area contributed by atoms with Gasteiger partial charge in [-0.05, 0) is 36.2 Å². The van der Waals surface area contributed by atoms with Crippen LogP contribution in [-0.2, 0) is 12.8 Å². The Balaban J connectivity index is 1.87. The minimum absolute atomic E-state index is 0.355. The SMILES string of the molecule is CCNC1CC(C)(C)Cc2nc(Cc3cccs3)sc21. The van der Waals surface area contributed by atoms with Gasteiger partial charge >= 0.3 is 0 Å². The average Bonchev–Trinajstić information content (AvgIpc) is 2.98. The first kappa shape index (κ1) is 14.2. The van der Waals surface area contributed by atoms with Crippen LogP contribution in [0.2, 0.25) is 0 Å². The van der Waals surface area contributed by atoms with Crippen LogP contribution in [-0.4, -0.2) is 11.5 Å². The van der Waals surface area contributed by atoms with E-state index in [1.807, 2.05) is 22.7 Å². The van der Waals surface area contributed by atoms with Crippen LogP contribution < -0.4 is 5.32 Å². The van der Waals surface area contributed by atoms with Crippen LogP contribution in [0.1, 0.15) is 53.7 Å². The molecule has 2 nitrogen and oxygen atoms in total. The largest absolute Gasteiger partial charge is 0.309 e. The van der Waals surface area contributed by atoms with Crippen LogP contribution in [0.4, 0.5) is 0 Å². The van der Waals surface area contributed by atoms with Crippen LogP contribution >= 0.6 is 22.7 Å². The van der Waals surface area contributed by atoms with Gasteiger partial charge in [-0.2, -0.15) is 0 Å². The van der Waals surface area contributed by atoms with Gasteiger partial charge in [0.2, 0.25) is 0 Å². The summed E-state index contributed by atoms with van der Waals surface area (Å²) in [5.74, 6) is 0. The fourth-order valence-corrected chi connectivity index (χ4v) is 5.02.